The Morgan fingerprint density at radius 2 is 2.14 bits per heavy atom. The predicted octanol–water partition coefficient (Wildman–Crippen LogP) is 2.37. The second kappa shape index (κ2) is 6.90. The van der Waals surface area contributed by atoms with Crippen molar-refractivity contribution < 1.29 is 14.1 Å². The fourth-order valence-electron chi connectivity index (χ4n) is 1.84. The molecular weight excluding hydrogens is 270 g/mol. The molecule has 0 fully saturated rings. The summed E-state index contributed by atoms with van der Waals surface area (Å²) < 4.78 is 10.6. The van der Waals surface area contributed by atoms with Gasteiger partial charge in [0, 0.05) is 6.07 Å². The lowest BCUT2D eigenvalue weighted by Crippen LogP contribution is -2.30. The summed E-state index contributed by atoms with van der Waals surface area (Å²) >= 11 is 0. The van der Waals surface area contributed by atoms with Crippen LogP contribution in [0.4, 0.5) is 0 Å². The largest absolute Gasteiger partial charge is 0.486 e. The summed E-state index contributed by atoms with van der Waals surface area (Å²) in [6, 6.07) is 9.45. The molecule has 6 heteroatoms. The van der Waals surface area contributed by atoms with Crippen molar-refractivity contribution in [1.29, 1.82) is 0 Å². The Kier molecular flexibility index (Phi) is 4.94. The molecule has 0 bridgehead atoms. The first-order valence-electron chi connectivity index (χ1n) is 6.83. The molecule has 2 aromatic rings. The van der Waals surface area contributed by atoms with Gasteiger partial charge in [0.1, 0.15) is 12.4 Å². The molecule has 3 N–H and O–H groups in total. The van der Waals surface area contributed by atoms with Gasteiger partial charge < -0.3 is 9.26 Å². The number of amides is 1. The minimum atomic E-state index is -0.497. The first kappa shape index (κ1) is 15.1. The van der Waals surface area contributed by atoms with E-state index in [1.807, 2.05) is 17.6 Å². The number of hydrazine groups is 1. The molecule has 0 aliphatic carbocycles. The highest BCUT2D eigenvalue weighted by atomic mass is 16.5. The number of hydrogen-bond donors (Lipinski definition) is 2. The van der Waals surface area contributed by atoms with Crippen LogP contribution in [0.5, 0.6) is 5.75 Å². The maximum Gasteiger partial charge on any atom is 0.287 e. The monoisotopic (exact) mass is 289 g/mol. The van der Waals surface area contributed by atoms with Crippen LogP contribution in [0.1, 0.15) is 48.0 Å². The maximum absolute atomic E-state index is 11.2. The van der Waals surface area contributed by atoms with Crippen molar-refractivity contribution >= 4 is 5.91 Å². The minimum absolute atomic E-state index is 0.128. The number of ether oxygens (including phenoxy) is 1. The van der Waals surface area contributed by atoms with E-state index in [2.05, 4.69) is 31.1 Å². The normalized spacial score (nSPS) is 12.0. The number of rotatable bonds is 6. The second-order valence-electron chi connectivity index (χ2n) is 4.82. The predicted molar refractivity (Wildman–Crippen MR) is 77.6 cm³/mol. The first-order valence-corrected chi connectivity index (χ1v) is 6.83. The molecule has 0 aliphatic heterocycles. The van der Waals surface area contributed by atoms with Crippen LogP contribution in [0, 0.1) is 0 Å². The molecule has 0 spiro atoms. The molecule has 1 heterocycles. The molecule has 0 saturated carbocycles. The Balaban J connectivity index is 1.93. The van der Waals surface area contributed by atoms with Gasteiger partial charge in [-0.25, -0.2) is 5.84 Å². The minimum Gasteiger partial charge on any atom is -0.486 e. The van der Waals surface area contributed by atoms with Crippen molar-refractivity contribution in [3.8, 4) is 5.75 Å². The Labute approximate surface area is 123 Å². The standard InChI is InChI=1S/C15H19N3O3/c1-3-10(2)11-4-6-12(7-5-11)20-9-13-8-14(18-21-13)15(19)17-16/h4-8,10H,3,9,16H2,1-2H3,(H,17,19). The molecule has 1 aromatic heterocycles. The third-order valence-electron chi connectivity index (χ3n) is 3.37. The SMILES string of the molecule is CCC(C)c1ccc(OCc2cc(C(=O)NN)no2)cc1. The summed E-state index contributed by atoms with van der Waals surface area (Å²) in [7, 11) is 0. The zero-order valence-electron chi connectivity index (χ0n) is 12.1. The number of hydrogen-bond acceptors (Lipinski definition) is 5. The molecule has 112 valence electrons. The number of nitrogens with one attached hydrogen (secondary N) is 1. The van der Waals surface area contributed by atoms with E-state index in [0.29, 0.717) is 11.7 Å². The van der Waals surface area contributed by atoms with E-state index < -0.39 is 5.91 Å². The van der Waals surface area contributed by atoms with Crippen molar-refractivity contribution in [2.24, 2.45) is 5.84 Å². The molecule has 1 amide bonds. The third-order valence-corrected chi connectivity index (χ3v) is 3.37. The summed E-state index contributed by atoms with van der Waals surface area (Å²) in [4.78, 5) is 11.2. The molecule has 1 aromatic carbocycles. The van der Waals surface area contributed by atoms with Crippen LogP contribution in [0.15, 0.2) is 34.9 Å². The zero-order valence-corrected chi connectivity index (χ0v) is 12.1. The molecule has 0 saturated heterocycles. The first-order chi connectivity index (χ1) is 10.1. The molecule has 6 nitrogen and oxygen atoms in total. The highest BCUT2D eigenvalue weighted by Gasteiger charge is 2.11. The molecule has 1 unspecified atom stereocenters. The lowest BCUT2D eigenvalue weighted by atomic mass is 9.99. The van der Waals surface area contributed by atoms with Crippen LogP contribution in [0.25, 0.3) is 0 Å². The molecule has 0 aliphatic rings. The number of carbonyl (C=O) groups excluding carboxylic acids is 1. The van der Waals surface area contributed by atoms with E-state index in [4.69, 9.17) is 15.1 Å². The van der Waals surface area contributed by atoms with Crippen LogP contribution in [0.2, 0.25) is 0 Å². The van der Waals surface area contributed by atoms with E-state index in [1.54, 1.807) is 0 Å². The van der Waals surface area contributed by atoms with Gasteiger partial charge in [0.05, 0.1) is 0 Å². The zero-order chi connectivity index (χ0) is 15.2. The summed E-state index contributed by atoms with van der Waals surface area (Å²) in [5.41, 5.74) is 3.40. The maximum atomic E-state index is 11.2. The number of carbonyl (C=O) groups is 1. The summed E-state index contributed by atoms with van der Waals surface area (Å²) in [5, 5.41) is 3.60. The second-order valence-corrected chi connectivity index (χ2v) is 4.82. The van der Waals surface area contributed by atoms with Crippen LogP contribution in [0.3, 0.4) is 0 Å². The van der Waals surface area contributed by atoms with Crippen LogP contribution >= 0.6 is 0 Å². The van der Waals surface area contributed by atoms with Crippen molar-refractivity contribution in [2.75, 3.05) is 0 Å². The smallest absolute Gasteiger partial charge is 0.287 e. The van der Waals surface area contributed by atoms with Crippen LogP contribution in [-0.2, 0) is 6.61 Å². The van der Waals surface area contributed by atoms with Gasteiger partial charge in [-0.15, -0.1) is 0 Å². The topological polar surface area (TPSA) is 90.4 Å². The van der Waals surface area contributed by atoms with Crippen LogP contribution < -0.4 is 16.0 Å². The third kappa shape index (κ3) is 3.82. The van der Waals surface area contributed by atoms with Crippen molar-refractivity contribution in [1.82, 2.24) is 10.6 Å². The molecule has 0 radical (unpaired) electrons. The quantitative estimate of drug-likeness (QED) is 0.484. The van der Waals surface area contributed by atoms with Gasteiger partial charge in [-0.2, -0.15) is 0 Å². The van der Waals surface area contributed by atoms with Crippen LogP contribution in [-0.4, -0.2) is 11.1 Å². The molecule has 2 rings (SSSR count). The van der Waals surface area contributed by atoms with E-state index in [0.717, 1.165) is 12.2 Å². The van der Waals surface area contributed by atoms with Gasteiger partial charge in [-0.1, -0.05) is 31.1 Å². The van der Waals surface area contributed by atoms with Crippen molar-refractivity contribution in [3.05, 3.63) is 47.3 Å². The Morgan fingerprint density at radius 3 is 2.76 bits per heavy atom. The Hall–Kier alpha value is -2.34. The van der Waals surface area contributed by atoms with E-state index in [1.165, 1.54) is 11.6 Å². The van der Waals surface area contributed by atoms with Gasteiger partial charge >= 0.3 is 0 Å². The summed E-state index contributed by atoms with van der Waals surface area (Å²) in [6.07, 6.45) is 1.10. The van der Waals surface area contributed by atoms with Gasteiger partial charge in [-0.05, 0) is 30.0 Å². The van der Waals surface area contributed by atoms with Crippen molar-refractivity contribution in [3.63, 3.8) is 0 Å². The number of nitrogens with two attached hydrogens (primary N) is 1. The molecule has 21 heavy (non-hydrogen) atoms. The van der Waals surface area contributed by atoms with Gasteiger partial charge in [0.25, 0.3) is 5.91 Å². The van der Waals surface area contributed by atoms with Gasteiger partial charge in [-0.3, -0.25) is 10.2 Å². The molecule has 1 atom stereocenters. The lowest BCUT2D eigenvalue weighted by Gasteiger charge is -2.10. The average molecular weight is 289 g/mol. The fourth-order valence-corrected chi connectivity index (χ4v) is 1.84. The number of nitrogen functional groups attached to an aromatic ring is 1. The lowest BCUT2D eigenvalue weighted by molar-refractivity contribution is 0.0944. The Bertz CT molecular complexity index is 592. The fraction of sp³-hybridized carbons (Fsp3) is 0.333. The Morgan fingerprint density at radius 1 is 1.43 bits per heavy atom. The highest BCUT2D eigenvalue weighted by molar-refractivity contribution is 5.91. The van der Waals surface area contributed by atoms with Gasteiger partial charge in [0.15, 0.2) is 11.5 Å². The van der Waals surface area contributed by atoms with E-state index in [9.17, 15) is 4.79 Å². The summed E-state index contributed by atoms with van der Waals surface area (Å²) in [6.45, 7) is 4.55. The van der Waals surface area contributed by atoms with Gasteiger partial charge in [0.2, 0.25) is 0 Å². The molecular formula is C15H19N3O3. The van der Waals surface area contributed by atoms with Crippen molar-refractivity contribution in [2.45, 2.75) is 32.8 Å². The van der Waals surface area contributed by atoms with E-state index >= 15 is 0 Å². The number of nitrogens with zero attached hydrogens (tertiary/aromatic N) is 1. The van der Waals surface area contributed by atoms with E-state index in [-0.39, 0.29) is 12.3 Å². The highest BCUT2D eigenvalue weighted by Crippen LogP contribution is 2.22. The summed E-state index contributed by atoms with van der Waals surface area (Å²) in [5.74, 6) is 6.25. The number of aromatic nitrogens is 1. The average Bonchev–Trinajstić information content (AvgIpc) is 3.01. The number of benzene rings is 1.